The fourth-order valence-electron chi connectivity index (χ4n) is 5.49. The summed E-state index contributed by atoms with van der Waals surface area (Å²) in [5.74, 6) is -0.0763. The predicted octanol–water partition coefficient (Wildman–Crippen LogP) is 4.33. The maximum absolute atomic E-state index is 13.8. The van der Waals surface area contributed by atoms with Crippen LogP contribution in [0, 0.1) is 0 Å². The van der Waals surface area contributed by atoms with E-state index in [1.807, 2.05) is 18.4 Å². The van der Waals surface area contributed by atoms with E-state index in [1.54, 1.807) is 16.2 Å². The molecule has 2 fully saturated rings. The molecule has 0 spiro atoms. The normalized spacial score (nSPS) is 27.8. The Hall–Kier alpha value is -1.86. The van der Waals surface area contributed by atoms with Gasteiger partial charge in [-0.25, -0.2) is 0 Å². The zero-order chi connectivity index (χ0) is 21.4. The number of aromatic nitrogens is 1. The van der Waals surface area contributed by atoms with Crippen LogP contribution in [0.5, 0.6) is 0 Å². The fraction of sp³-hybridized carbons (Fsp3) is 0.667. The van der Waals surface area contributed by atoms with Crippen LogP contribution in [0.3, 0.4) is 0 Å². The van der Waals surface area contributed by atoms with E-state index in [9.17, 15) is 9.59 Å². The van der Waals surface area contributed by atoms with Crippen molar-refractivity contribution in [1.29, 1.82) is 0 Å². The summed E-state index contributed by atoms with van der Waals surface area (Å²) in [6.07, 6.45) is 10.2. The lowest BCUT2D eigenvalue weighted by molar-refractivity contribution is -0.134. The van der Waals surface area contributed by atoms with Crippen LogP contribution in [0.15, 0.2) is 17.5 Å². The molecule has 0 bridgehead atoms. The summed E-state index contributed by atoms with van der Waals surface area (Å²) >= 11 is 1.64. The van der Waals surface area contributed by atoms with Crippen molar-refractivity contribution in [2.24, 2.45) is 0 Å². The molecule has 168 valence electrons. The minimum Gasteiger partial charge on any atom is -0.376 e. The molecule has 1 saturated carbocycles. The van der Waals surface area contributed by atoms with Gasteiger partial charge in [0.05, 0.1) is 22.9 Å². The highest BCUT2D eigenvalue weighted by Crippen LogP contribution is 2.35. The second-order valence-corrected chi connectivity index (χ2v) is 10.6. The summed E-state index contributed by atoms with van der Waals surface area (Å²) in [7, 11) is 0. The summed E-state index contributed by atoms with van der Waals surface area (Å²) in [5.41, 5.74) is 0.818. The van der Waals surface area contributed by atoms with Crippen LogP contribution in [-0.2, 0) is 16.1 Å². The number of carbonyl (C=O) groups is 2. The molecule has 6 nitrogen and oxygen atoms in total. The molecular formula is C24H33N3O3S. The van der Waals surface area contributed by atoms with E-state index < -0.39 is 5.54 Å². The number of carbonyl (C=O) groups excluding carboxylic acids is 2. The molecule has 1 N–H and O–H groups in total. The maximum atomic E-state index is 13.8. The third-order valence-electron chi connectivity index (χ3n) is 7.39. The molecule has 2 aliphatic heterocycles. The molecule has 4 heterocycles. The summed E-state index contributed by atoms with van der Waals surface area (Å²) in [6, 6.07) is 4.24. The van der Waals surface area contributed by atoms with Crippen LogP contribution in [-0.4, -0.2) is 52.1 Å². The molecule has 1 aliphatic carbocycles. The van der Waals surface area contributed by atoms with Gasteiger partial charge in [-0.2, -0.15) is 0 Å². The lowest BCUT2D eigenvalue weighted by atomic mass is 9.91. The third-order valence-corrected chi connectivity index (χ3v) is 8.24. The average Bonchev–Trinajstić information content (AvgIpc) is 3.46. The van der Waals surface area contributed by atoms with E-state index in [0.717, 1.165) is 55.3 Å². The van der Waals surface area contributed by atoms with Crippen molar-refractivity contribution in [3.05, 3.63) is 23.2 Å². The van der Waals surface area contributed by atoms with Crippen molar-refractivity contribution >= 4 is 33.4 Å². The van der Waals surface area contributed by atoms with Gasteiger partial charge in [0.1, 0.15) is 11.2 Å². The van der Waals surface area contributed by atoms with E-state index in [2.05, 4.69) is 16.0 Å². The smallest absolute Gasteiger partial charge is 0.271 e. The summed E-state index contributed by atoms with van der Waals surface area (Å²) in [5, 5.41) is 5.40. The first-order valence-corrected chi connectivity index (χ1v) is 12.8. The van der Waals surface area contributed by atoms with E-state index in [0.29, 0.717) is 18.8 Å². The van der Waals surface area contributed by atoms with E-state index in [-0.39, 0.29) is 24.0 Å². The number of thiophene rings is 1. The average molecular weight is 444 g/mol. The second-order valence-electron chi connectivity index (χ2n) is 9.63. The largest absolute Gasteiger partial charge is 0.376 e. The van der Waals surface area contributed by atoms with Gasteiger partial charge in [0.2, 0.25) is 5.91 Å². The van der Waals surface area contributed by atoms with Crippen molar-refractivity contribution in [3.8, 4) is 0 Å². The van der Waals surface area contributed by atoms with Crippen LogP contribution in [0.2, 0.25) is 0 Å². The summed E-state index contributed by atoms with van der Waals surface area (Å²) < 4.78 is 9.01. The zero-order valence-corrected chi connectivity index (χ0v) is 19.2. The number of rotatable bonds is 4. The van der Waals surface area contributed by atoms with Gasteiger partial charge >= 0.3 is 0 Å². The standard InChI is InChI=1S/C24H33N3O3S/c1-24(23(29)25-17-8-5-3-2-4-6-9-17)16-26-19-11-13-31-21(19)14-20(26)22(28)27(24)15-18-10-7-12-30-18/h11,13-14,17-18H,2-10,12,15-16H2,1H3,(H,25,29)/t18-,24+/m1/s1. The molecule has 2 aromatic rings. The molecular weight excluding hydrogens is 410 g/mol. The first kappa shape index (κ1) is 21.0. The molecule has 0 aromatic carbocycles. The minimum atomic E-state index is -0.924. The Labute approximate surface area is 187 Å². The van der Waals surface area contributed by atoms with Gasteiger partial charge in [0.25, 0.3) is 5.91 Å². The summed E-state index contributed by atoms with van der Waals surface area (Å²) in [4.78, 5) is 29.2. The van der Waals surface area contributed by atoms with Gasteiger partial charge in [-0.3, -0.25) is 9.59 Å². The Morgan fingerprint density at radius 2 is 1.97 bits per heavy atom. The van der Waals surface area contributed by atoms with Gasteiger partial charge in [-0.05, 0) is 50.1 Å². The quantitative estimate of drug-likeness (QED) is 0.765. The first-order valence-electron chi connectivity index (χ1n) is 11.9. The maximum Gasteiger partial charge on any atom is 0.271 e. The Bertz CT molecular complexity index is 953. The minimum absolute atomic E-state index is 0.0140. The van der Waals surface area contributed by atoms with Gasteiger partial charge in [0, 0.05) is 19.2 Å². The second kappa shape index (κ2) is 8.58. The molecule has 2 atom stereocenters. The zero-order valence-electron chi connectivity index (χ0n) is 18.4. The highest BCUT2D eigenvalue weighted by Gasteiger charge is 2.49. The third kappa shape index (κ3) is 3.91. The first-order chi connectivity index (χ1) is 15.1. The van der Waals surface area contributed by atoms with Crippen molar-refractivity contribution in [1.82, 2.24) is 14.8 Å². The van der Waals surface area contributed by atoms with Crippen LogP contribution in [0.4, 0.5) is 0 Å². The number of amides is 2. The van der Waals surface area contributed by atoms with Crippen LogP contribution in [0.25, 0.3) is 10.2 Å². The molecule has 0 radical (unpaired) electrons. The highest BCUT2D eigenvalue weighted by molar-refractivity contribution is 7.17. The number of nitrogens with zero attached hydrogens (tertiary/aromatic N) is 2. The van der Waals surface area contributed by atoms with E-state index >= 15 is 0 Å². The number of fused-ring (bicyclic) bond motifs is 3. The Kier molecular flexibility index (Phi) is 5.82. The van der Waals surface area contributed by atoms with Gasteiger partial charge in [0.15, 0.2) is 0 Å². The molecule has 2 aromatic heterocycles. The Balaban J connectivity index is 1.45. The molecule has 5 rings (SSSR count). The van der Waals surface area contributed by atoms with Gasteiger partial charge in [-0.1, -0.05) is 32.1 Å². The predicted molar refractivity (Wildman–Crippen MR) is 122 cm³/mol. The van der Waals surface area contributed by atoms with E-state index in [1.165, 1.54) is 19.3 Å². The SMILES string of the molecule is C[C@@]1(C(=O)NC2CCCCCCC2)Cn2c(cc3sccc32)C(=O)N1C[C@H]1CCCO1. The number of ether oxygens (including phenoxy) is 1. The molecule has 3 aliphatic rings. The number of hydrogen-bond acceptors (Lipinski definition) is 4. The lowest BCUT2D eigenvalue weighted by Crippen LogP contribution is -2.66. The van der Waals surface area contributed by atoms with Crippen molar-refractivity contribution in [3.63, 3.8) is 0 Å². The Morgan fingerprint density at radius 1 is 1.19 bits per heavy atom. The number of hydrogen-bond donors (Lipinski definition) is 1. The van der Waals surface area contributed by atoms with Gasteiger partial charge in [-0.15, -0.1) is 11.3 Å². The van der Waals surface area contributed by atoms with Crippen molar-refractivity contribution < 1.29 is 14.3 Å². The molecule has 2 amide bonds. The van der Waals surface area contributed by atoms with E-state index in [4.69, 9.17) is 4.74 Å². The monoisotopic (exact) mass is 443 g/mol. The molecule has 31 heavy (non-hydrogen) atoms. The topological polar surface area (TPSA) is 63.6 Å². The lowest BCUT2D eigenvalue weighted by Gasteiger charge is -2.45. The van der Waals surface area contributed by atoms with Gasteiger partial charge < -0.3 is 19.5 Å². The van der Waals surface area contributed by atoms with Crippen LogP contribution < -0.4 is 5.32 Å². The van der Waals surface area contributed by atoms with Crippen molar-refractivity contribution in [2.45, 2.75) is 88.9 Å². The molecule has 1 saturated heterocycles. The number of nitrogens with one attached hydrogen (secondary N) is 1. The molecule has 0 unspecified atom stereocenters. The highest BCUT2D eigenvalue weighted by atomic mass is 32.1. The summed E-state index contributed by atoms with van der Waals surface area (Å²) in [6.45, 7) is 3.65. The Morgan fingerprint density at radius 3 is 2.71 bits per heavy atom. The molecule has 7 heteroatoms. The van der Waals surface area contributed by atoms with Crippen molar-refractivity contribution in [2.75, 3.05) is 13.2 Å². The van der Waals surface area contributed by atoms with Crippen LogP contribution in [0.1, 0.15) is 75.2 Å². The fourth-order valence-corrected chi connectivity index (χ4v) is 6.31. The van der Waals surface area contributed by atoms with Crippen LogP contribution >= 0.6 is 11.3 Å².